The Hall–Kier alpha value is 0.110. The lowest BCUT2D eigenvalue weighted by Crippen LogP contribution is -2.52. The molecule has 0 aromatic carbocycles. The van der Waals surface area contributed by atoms with Crippen LogP contribution in [0.4, 0.5) is 0 Å². The first-order valence-corrected chi connectivity index (χ1v) is 4.62. The number of hydrogen-bond acceptors (Lipinski definition) is 2. The average molecular weight is 204 g/mol. The van der Waals surface area contributed by atoms with Crippen molar-refractivity contribution < 1.29 is 4.79 Å². The number of fused-ring (bicyclic) bond motifs is 3. The lowest BCUT2D eigenvalue weighted by molar-refractivity contribution is -0.131. The maximum Gasteiger partial charge on any atom is 0.163 e. The van der Waals surface area contributed by atoms with Crippen molar-refractivity contribution in [2.45, 2.75) is 17.8 Å². The summed E-state index contributed by atoms with van der Waals surface area (Å²) in [5, 5.41) is 0. The second-order valence-electron chi connectivity index (χ2n) is 3.05. The molecule has 0 aromatic rings. The smallest absolute Gasteiger partial charge is 0.163 e. The van der Waals surface area contributed by atoms with E-state index in [2.05, 4.69) is 20.8 Å². The lowest BCUT2D eigenvalue weighted by atomic mass is 9.87. The number of piperidine rings is 3. The van der Waals surface area contributed by atoms with Gasteiger partial charge in [-0.15, -0.1) is 0 Å². The Kier molecular flexibility index (Phi) is 1.57. The number of hydrogen-bond donors (Lipinski definition) is 0. The molecule has 0 N–H and O–H groups in total. The second kappa shape index (κ2) is 2.31. The van der Waals surface area contributed by atoms with Crippen LogP contribution in [0.3, 0.4) is 0 Å². The van der Waals surface area contributed by atoms with Gasteiger partial charge in [0.1, 0.15) is 4.95 Å². The van der Waals surface area contributed by atoms with E-state index in [0.29, 0.717) is 11.7 Å². The summed E-state index contributed by atoms with van der Waals surface area (Å²) < 4.78 is 0. The van der Waals surface area contributed by atoms with Crippen molar-refractivity contribution >= 4 is 21.7 Å². The maximum absolute atomic E-state index is 11.3. The third-order valence-corrected chi connectivity index (χ3v) is 3.52. The summed E-state index contributed by atoms with van der Waals surface area (Å²) in [5.74, 6) is 0.770. The summed E-state index contributed by atoms with van der Waals surface area (Å²) in [6.07, 6.45) is 2.17. The molecule has 0 aliphatic carbocycles. The molecule has 3 rings (SSSR count). The molecule has 0 aromatic heterocycles. The van der Waals surface area contributed by atoms with Gasteiger partial charge in [0, 0.05) is 19.0 Å². The fraction of sp³-hybridized carbons (Fsp3) is 0.857. The predicted octanol–water partition coefficient (Wildman–Crippen LogP) is 1.00. The summed E-state index contributed by atoms with van der Waals surface area (Å²) in [6, 6.07) is 0. The number of nitrogens with zero attached hydrogens (tertiary/aromatic N) is 1. The minimum Gasteiger partial charge on any atom is -0.297 e. The summed E-state index contributed by atoms with van der Waals surface area (Å²) in [5.41, 5.74) is 0. The van der Waals surface area contributed by atoms with Gasteiger partial charge in [-0.25, -0.2) is 0 Å². The van der Waals surface area contributed by atoms with Crippen molar-refractivity contribution in [2.75, 3.05) is 13.1 Å². The summed E-state index contributed by atoms with van der Waals surface area (Å²) in [4.78, 5) is 13.6. The first-order valence-electron chi connectivity index (χ1n) is 3.71. The predicted molar refractivity (Wildman–Crippen MR) is 42.0 cm³/mol. The number of rotatable bonds is 0. The zero-order valence-electron chi connectivity index (χ0n) is 5.72. The largest absolute Gasteiger partial charge is 0.297 e. The summed E-state index contributed by atoms with van der Waals surface area (Å²) >= 11 is 3.39. The summed E-state index contributed by atoms with van der Waals surface area (Å²) in [7, 11) is 0. The standard InChI is InChI=1S/C7H10BrNO/c8-7-6(10)5-1-3-9(7)4-2-5/h5,7H,1-4H2/t7-/m0/s1. The molecule has 3 heterocycles. The number of carbonyl (C=O) groups excluding carboxylic acids is 1. The molecular formula is C7H10BrNO. The van der Waals surface area contributed by atoms with Crippen LogP contribution < -0.4 is 0 Å². The Morgan fingerprint density at radius 2 is 2.00 bits per heavy atom. The molecule has 2 nitrogen and oxygen atoms in total. The van der Waals surface area contributed by atoms with Crippen LogP contribution in [0, 0.1) is 5.92 Å². The Labute approximate surface area is 68.7 Å². The van der Waals surface area contributed by atoms with Crippen LogP contribution in [0.25, 0.3) is 0 Å². The molecule has 3 fully saturated rings. The monoisotopic (exact) mass is 203 g/mol. The van der Waals surface area contributed by atoms with Gasteiger partial charge >= 0.3 is 0 Å². The zero-order valence-corrected chi connectivity index (χ0v) is 7.30. The van der Waals surface area contributed by atoms with Crippen LogP contribution >= 0.6 is 15.9 Å². The normalized spacial score (nSPS) is 46.1. The molecule has 0 radical (unpaired) electrons. The van der Waals surface area contributed by atoms with Gasteiger partial charge in [-0.1, -0.05) is 15.9 Å². The van der Waals surface area contributed by atoms with E-state index in [4.69, 9.17) is 0 Å². The minimum absolute atomic E-state index is 0.0417. The molecule has 2 bridgehead atoms. The summed E-state index contributed by atoms with van der Waals surface area (Å²) in [6.45, 7) is 2.21. The highest BCUT2D eigenvalue weighted by atomic mass is 79.9. The van der Waals surface area contributed by atoms with E-state index in [0.717, 1.165) is 25.9 Å². The van der Waals surface area contributed by atoms with Gasteiger partial charge in [0.2, 0.25) is 0 Å². The molecule has 0 amide bonds. The van der Waals surface area contributed by atoms with E-state index < -0.39 is 0 Å². The highest BCUT2D eigenvalue weighted by Crippen LogP contribution is 2.31. The first kappa shape index (κ1) is 6.80. The van der Waals surface area contributed by atoms with Gasteiger partial charge in [0.05, 0.1) is 0 Å². The highest BCUT2D eigenvalue weighted by molar-refractivity contribution is 9.09. The quantitative estimate of drug-likeness (QED) is 0.433. The van der Waals surface area contributed by atoms with Crippen LogP contribution in [0.5, 0.6) is 0 Å². The van der Waals surface area contributed by atoms with Gasteiger partial charge in [-0.2, -0.15) is 0 Å². The van der Waals surface area contributed by atoms with Crippen LogP contribution in [0.2, 0.25) is 0 Å². The molecule has 0 saturated carbocycles. The highest BCUT2D eigenvalue weighted by Gasteiger charge is 2.39. The van der Waals surface area contributed by atoms with E-state index >= 15 is 0 Å². The van der Waals surface area contributed by atoms with Crippen LogP contribution in [-0.4, -0.2) is 28.7 Å². The van der Waals surface area contributed by atoms with Crippen molar-refractivity contribution in [3.8, 4) is 0 Å². The number of Topliss-reactive ketones (excluding diaryl/α,β-unsaturated/α-hetero) is 1. The van der Waals surface area contributed by atoms with Crippen molar-refractivity contribution in [2.24, 2.45) is 5.92 Å². The first-order chi connectivity index (χ1) is 4.79. The van der Waals surface area contributed by atoms with E-state index in [9.17, 15) is 4.79 Å². The third kappa shape index (κ3) is 0.839. The molecule has 3 aliphatic heterocycles. The van der Waals surface area contributed by atoms with Crippen molar-refractivity contribution in [3.63, 3.8) is 0 Å². The molecule has 0 unspecified atom stereocenters. The van der Waals surface area contributed by atoms with Gasteiger partial charge in [0.15, 0.2) is 5.78 Å². The second-order valence-corrected chi connectivity index (χ2v) is 3.92. The van der Waals surface area contributed by atoms with Crippen molar-refractivity contribution in [3.05, 3.63) is 0 Å². The van der Waals surface area contributed by atoms with Gasteiger partial charge < -0.3 is 0 Å². The number of carbonyl (C=O) groups is 1. The van der Waals surface area contributed by atoms with Gasteiger partial charge in [-0.05, 0) is 12.8 Å². The molecule has 10 heavy (non-hydrogen) atoms. The fourth-order valence-corrected chi connectivity index (χ4v) is 2.57. The topological polar surface area (TPSA) is 20.3 Å². The number of halogens is 1. The third-order valence-electron chi connectivity index (χ3n) is 2.49. The number of ketones is 1. The van der Waals surface area contributed by atoms with E-state index in [1.165, 1.54) is 0 Å². The molecule has 0 spiro atoms. The van der Waals surface area contributed by atoms with Gasteiger partial charge in [0.25, 0.3) is 0 Å². The fourth-order valence-electron chi connectivity index (χ4n) is 1.79. The Morgan fingerprint density at radius 3 is 2.30 bits per heavy atom. The molecule has 3 saturated heterocycles. The lowest BCUT2D eigenvalue weighted by Gasteiger charge is -2.41. The molecular weight excluding hydrogens is 194 g/mol. The SMILES string of the molecule is O=C1C2CCN(CC2)[C@@H]1Br. The van der Waals surface area contributed by atoms with Crippen molar-refractivity contribution in [1.29, 1.82) is 0 Å². The van der Waals surface area contributed by atoms with Crippen LogP contribution in [0.15, 0.2) is 0 Å². The van der Waals surface area contributed by atoms with E-state index in [1.807, 2.05) is 0 Å². The minimum atomic E-state index is 0.0417. The van der Waals surface area contributed by atoms with Gasteiger partial charge in [-0.3, -0.25) is 9.69 Å². The Morgan fingerprint density at radius 1 is 1.40 bits per heavy atom. The number of alkyl halides is 1. The Bertz CT molecular complexity index is 159. The van der Waals surface area contributed by atoms with E-state index in [-0.39, 0.29) is 4.95 Å². The molecule has 1 atom stereocenters. The molecule has 3 heteroatoms. The van der Waals surface area contributed by atoms with Crippen LogP contribution in [-0.2, 0) is 4.79 Å². The molecule has 3 aliphatic rings. The van der Waals surface area contributed by atoms with E-state index in [1.54, 1.807) is 0 Å². The Balaban J connectivity index is 2.20. The molecule has 56 valence electrons. The zero-order chi connectivity index (χ0) is 7.14. The van der Waals surface area contributed by atoms with Crippen molar-refractivity contribution in [1.82, 2.24) is 4.90 Å². The maximum atomic E-state index is 11.3. The average Bonchev–Trinajstić information content (AvgIpc) is 2.00. The van der Waals surface area contributed by atoms with Crippen LogP contribution in [0.1, 0.15) is 12.8 Å².